The zero-order valence-electron chi connectivity index (χ0n) is 13.5. The number of aryl methyl sites for hydroxylation is 1. The molecule has 1 aliphatic heterocycles. The quantitative estimate of drug-likeness (QED) is 0.730. The molecule has 1 heterocycles. The Morgan fingerprint density at radius 3 is 2.81 bits per heavy atom. The van der Waals surface area contributed by atoms with Crippen LogP contribution in [0.5, 0.6) is 0 Å². The second-order valence-electron chi connectivity index (χ2n) is 6.25. The molecule has 0 bridgehead atoms. The van der Waals surface area contributed by atoms with Crippen LogP contribution in [0.4, 0.5) is 0 Å². The maximum Gasteiger partial charge on any atom is 0.0590 e. The monoisotopic (exact) mass is 289 g/mol. The Kier molecular flexibility index (Phi) is 7.83. The average molecular weight is 289 g/mol. The van der Waals surface area contributed by atoms with E-state index in [1.165, 1.54) is 56.9 Å². The molecule has 118 valence electrons. The zero-order chi connectivity index (χ0) is 14.8. The van der Waals surface area contributed by atoms with Crippen molar-refractivity contribution < 1.29 is 4.74 Å². The van der Waals surface area contributed by atoms with Crippen molar-refractivity contribution in [1.82, 2.24) is 5.32 Å². The molecule has 1 aromatic rings. The SMILES string of the molecule is CCCNC(CCCc1ccccc1)CC1CCCCO1. The van der Waals surface area contributed by atoms with E-state index in [2.05, 4.69) is 42.6 Å². The van der Waals surface area contributed by atoms with Crippen molar-refractivity contribution in [3.8, 4) is 0 Å². The minimum Gasteiger partial charge on any atom is -0.378 e. The normalized spacial score (nSPS) is 20.3. The Morgan fingerprint density at radius 2 is 2.10 bits per heavy atom. The van der Waals surface area contributed by atoms with Gasteiger partial charge in [0.2, 0.25) is 0 Å². The van der Waals surface area contributed by atoms with Crippen molar-refractivity contribution in [3.63, 3.8) is 0 Å². The van der Waals surface area contributed by atoms with E-state index in [1.807, 2.05) is 0 Å². The Morgan fingerprint density at radius 1 is 1.24 bits per heavy atom. The lowest BCUT2D eigenvalue weighted by molar-refractivity contribution is 0.00462. The Bertz CT molecular complexity index is 359. The van der Waals surface area contributed by atoms with E-state index in [1.54, 1.807) is 0 Å². The van der Waals surface area contributed by atoms with Crippen LogP contribution >= 0.6 is 0 Å². The second kappa shape index (κ2) is 9.97. The van der Waals surface area contributed by atoms with E-state index < -0.39 is 0 Å². The van der Waals surface area contributed by atoms with Crippen LogP contribution in [-0.4, -0.2) is 25.3 Å². The van der Waals surface area contributed by atoms with Gasteiger partial charge < -0.3 is 10.1 Å². The van der Waals surface area contributed by atoms with Gasteiger partial charge in [0.05, 0.1) is 6.10 Å². The third kappa shape index (κ3) is 6.62. The van der Waals surface area contributed by atoms with Gasteiger partial charge in [0.15, 0.2) is 0 Å². The molecule has 2 atom stereocenters. The maximum absolute atomic E-state index is 5.91. The summed E-state index contributed by atoms with van der Waals surface area (Å²) < 4.78 is 5.91. The number of rotatable bonds is 9. The van der Waals surface area contributed by atoms with Crippen LogP contribution in [0.15, 0.2) is 30.3 Å². The first-order chi connectivity index (χ1) is 10.4. The van der Waals surface area contributed by atoms with E-state index in [-0.39, 0.29) is 0 Å². The Labute approximate surface area is 130 Å². The highest BCUT2D eigenvalue weighted by Gasteiger charge is 2.18. The lowest BCUT2D eigenvalue weighted by Gasteiger charge is -2.27. The summed E-state index contributed by atoms with van der Waals surface area (Å²) in [5, 5.41) is 3.72. The maximum atomic E-state index is 5.91. The number of nitrogens with one attached hydrogen (secondary N) is 1. The van der Waals surface area contributed by atoms with Gasteiger partial charge in [0.25, 0.3) is 0 Å². The van der Waals surface area contributed by atoms with Crippen molar-refractivity contribution >= 4 is 0 Å². The van der Waals surface area contributed by atoms with E-state index in [0.29, 0.717) is 12.1 Å². The molecule has 2 heteroatoms. The van der Waals surface area contributed by atoms with Gasteiger partial charge in [-0.15, -0.1) is 0 Å². The standard InChI is InChI=1S/C19H31NO/c1-2-14-20-18(16-19-13-6-7-15-21-19)12-8-11-17-9-4-3-5-10-17/h3-5,9-10,18-20H,2,6-8,11-16H2,1H3. The first-order valence-electron chi connectivity index (χ1n) is 8.77. The zero-order valence-corrected chi connectivity index (χ0v) is 13.5. The fourth-order valence-corrected chi connectivity index (χ4v) is 3.16. The molecule has 1 aliphatic rings. The molecule has 21 heavy (non-hydrogen) atoms. The van der Waals surface area contributed by atoms with Gasteiger partial charge in [-0.2, -0.15) is 0 Å². The second-order valence-corrected chi connectivity index (χ2v) is 6.25. The topological polar surface area (TPSA) is 21.3 Å². The molecule has 1 N–H and O–H groups in total. The van der Waals surface area contributed by atoms with Crippen LogP contribution in [0.2, 0.25) is 0 Å². The third-order valence-corrected chi connectivity index (χ3v) is 4.37. The summed E-state index contributed by atoms with van der Waals surface area (Å²) in [7, 11) is 0. The highest BCUT2D eigenvalue weighted by Crippen LogP contribution is 2.19. The summed E-state index contributed by atoms with van der Waals surface area (Å²) in [6, 6.07) is 11.5. The molecule has 2 nitrogen and oxygen atoms in total. The van der Waals surface area contributed by atoms with Crippen molar-refractivity contribution in [2.45, 2.75) is 70.4 Å². The minimum atomic E-state index is 0.491. The van der Waals surface area contributed by atoms with E-state index in [4.69, 9.17) is 4.74 Å². The van der Waals surface area contributed by atoms with Crippen molar-refractivity contribution in [2.75, 3.05) is 13.2 Å². The Hall–Kier alpha value is -0.860. The number of hydrogen-bond donors (Lipinski definition) is 1. The van der Waals surface area contributed by atoms with Gasteiger partial charge in [-0.05, 0) is 63.5 Å². The average Bonchev–Trinajstić information content (AvgIpc) is 2.54. The number of ether oxygens (including phenoxy) is 1. The number of hydrogen-bond acceptors (Lipinski definition) is 2. The van der Waals surface area contributed by atoms with E-state index in [9.17, 15) is 0 Å². The van der Waals surface area contributed by atoms with Crippen LogP contribution in [0.1, 0.15) is 57.4 Å². The summed E-state index contributed by atoms with van der Waals surface area (Å²) in [6.07, 6.45) is 10.4. The molecule has 2 rings (SSSR count). The van der Waals surface area contributed by atoms with Gasteiger partial charge in [0.1, 0.15) is 0 Å². The third-order valence-electron chi connectivity index (χ3n) is 4.37. The van der Waals surface area contributed by atoms with Crippen molar-refractivity contribution in [2.24, 2.45) is 0 Å². The molecule has 1 aromatic carbocycles. The van der Waals surface area contributed by atoms with Crippen LogP contribution in [0.3, 0.4) is 0 Å². The Balaban J connectivity index is 1.72. The van der Waals surface area contributed by atoms with Crippen LogP contribution < -0.4 is 5.32 Å². The molecule has 0 saturated carbocycles. The summed E-state index contributed by atoms with van der Waals surface area (Å²) >= 11 is 0. The molecular formula is C19H31NO. The van der Waals surface area contributed by atoms with Crippen LogP contribution in [0, 0.1) is 0 Å². The molecule has 0 aromatic heterocycles. The first-order valence-corrected chi connectivity index (χ1v) is 8.77. The minimum absolute atomic E-state index is 0.491. The number of benzene rings is 1. The van der Waals surface area contributed by atoms with E-state index >= 15 is 0 Å². The molecule has 0 amide bonds. The molecular weight excluding hydrogens is 258 g/mol. The lowest BCUT2D eigenvalue weighted by atomic mass is 9.97. The summed E-state index contributed by atoms with van der Waals surface area (Å²) in [4.78, 5) is 0. The summed E-state index contributed by atoms with van der Waals surface area (Å²) in [5.74, 6) is 0. The van der Waals surface area contributed by atoms with Crippen LogP contribution in [0.25, 0.3) is 0 Å². The predicted octanol–water partition coefficient (Wildman–Crippen LogP) is 4.34. The van der Waals surface area contributed by atoms with E-state index in [0.717, 1.165) is 13.2 Å². The highest BCUT2D eigenvalue weighted by atomic mass is 16.5. The van der Waals surface area contributed by atoms with Gasteiger partial charge in [-0.25, -0.2) is 0 Å². The molecule has 0 aliphatic carbocycles. The van der Waals surface area contributed by atoms with Gasteiger partial charge in [-0.1, -0.05) is 37.3 Å². The fourth-order valence-electron chi connectivity index (χ4n) is 3.16. The van der Waals surface area contributed by atoms with Gasteiger partial charge in [-0.3, -0.25) is 0 Å². The van der Waals surface area contributed by atoms with Crippen LogP contribution in [-0.2, 0) is 11.2 Å². The smallest absolute Gasteiger partial charge is 0.0590 e. The fraction of sp³-hybridized carbons (Fsp3) is 0.684. The molecule has 1 fully saturated rings. The lowest BCUT2D eigenvalue weighted by Crippen LogP contribution is -2.35. The van der Waals surface area contributed by atoms with Gasteiger partial charge in [0, 0.05) is 12.6 Å². The highest BCUT2D eigenvalue weighted by molar-refractivity contribution is 5.14. The summed E-state index contributed by atoms with van der Waals surface area (Å²) in [6.45, 7) is 4.34. The van der Waals surface area contributed by atoms with Gasteiger partial charge >= 0.3 is 0 Å². The molecule has 2 unspecified atom stereocenters. The van der Waals surface area contributed by atoms with Crippen molar-refractivity contribution in [3.05, 3.63) is 35.9 Å². The predicted molar refractivity (Wildman–Crippen MR) is 89.7 cm³/mol. The first kappa shape index (κ1) is 16.5. The molecule has 0 radical (unpaired) electrons. The molecule has 0 spiro atoms. The molecule has 1 saturated heterocycles. The largest absolute Gasteiger partial charge is 0.378 e. The van der Waals surface area contributed by atoms with Crippen molar-refractivity contribution in [1.29, 1.82) is 0 Å². The summed E-state index contributed by atoms with van der Waals surface area (Å²) in [5.41, 5.74) is 1.46.